The minimum atomic E-state index is -1.92. The number of aliphatic hydroxyl groups excluding tert-OH is 2. The number of aliphatic hydroxyl groups is 2. The Bertz CT molecular complexity index is 595. The van der Waals surface area contributed by atoms with Crippen LogP contribution >= 0.6 is 0 Å². The van der Waals surface area contributed by atoms with Crippen LogP contribution in [0.4, 0.5) is 0 Å². The molecule has 0 amide bonds. The number of hydrogen-bond donors (Lipinski definition) is 3. The zero-order valence-electron chi connectivity index (χ0n) is 12.7. The highest BCUT2D eigenvalue weighted by molar-refractivity contribution is 7.75. The first-order chi connectivity index (χ1) is 11.0. The van der Waals surface area contributed by atoms with Crippen LogP contribution in [0.3, 0.4) is 0 Å². The fourth-order valence-electron chi connectivity index (χ4n) is 2.88. The fourth-order valence-corrected chi connectivity index (χ4v) is 3.49. The first kappa shape index (κ1) is 16.4. The topological polar surface area (TPSA) is 91.3 Å². The molecular formula is C15H20N2O5S. The number of nitrogens with one attached hydrogen (secondary N) is 1. The molecule has 3 N–H and O–H groups in total. The van der Waals surface area contributed by atoms with E-state index in [2.05, 4.69) is 5.32 Å². The van der Waals surface area contributed by atoms with Crippen molar-refractivity contribution in [2.24, 2.45) is 0 Å². The van der Waals surface area contributed by atoms with E-state index in [1.54, 1.807) is 6.92 Å². The molecule has 7 nitrogen and oxygen atoms in total. The maximum atomic E-state index is 11.5. The van der Waals surface area contributed by atoms with Crippen molar-refractivity contribution in [1.29, 1.82) is 0 Å². The number of nitrogens with zero attached hydrogens (tertiary/aromatic N) is 1. The number of fused-ring (bicyclic) bond motifs is 1. The van der Waals surface area contributed by atoms with Crippen LogP contribution in [-0.4, -0.2) is 50.3 Å². The van der Waals surface area contributed by atoms with E-state index in [-0.39, 0.29) is 0 Å². The van der Waals surface area contributed by atoms with Gasteiger partial charge in [0.05, 0.1) is 11.7 Å². The molecule has 1 fully saturated rings. The molecule has 1 aromatic carbocycles. The summed E-state index contributed by atoms with van der Waals surface area (Å²) in [5, 5.41) is 22.9. The van der Waals surface area contributed by atoms with Crippen molar-refractivity contribution in [3.63, 3.8) is 0 Å². The predicted molar refractivity (Wildman–Crippen MR) is 83.6 cm³/mol. The van der Waals surface area contributed by atoms with Crippen molar-refractivity contribution in [2.45, 2.75) is 37.9 Å². The van der Waals surface area contributed by atoms with E-state index < -0.39 is 35.8 Å². The van der Waals surface area contributed by atoms with Crippen LogP contribution in [0.15, 0.2) is 42.3 Å². The molecule has 126 valence electrons. The monoisotopic (exact) mass is 340 g/mol. The van der Waals surface area contributed by atoms with Crippen molar-refractivity contribution >= 4 is 11.4 Å². The first-order valence-corrected chi connectivity index (χ1v) is 8.42. The van der Waals surface area contributed by atoms with E-state index >= 15 is 0 Å². The summed E-state index contributed by atoms with van der Waals surface area (Å²) in [6, 6.07) is 9.43. The van der Waals surface area contributed by atoms with Crippen molar-refractivity contribution in [3.8, 4) is 0 Å². The number of rotatable bonds is 4. The molecule has 0 bridgehead atoms. The van der Waals surface area contributed by atoms with Crippen LogP contribution in [-0.2, 0) is 26.3 Å². The smallest absolute Gasteiger partial charge is 0.360 e. The summed E-state index contributed by atoms with van der Waals surface area (Å²) in [7, 11) is 0. The minimum Gasteiger partial charge on any atom is -0.388 e. The Balaban J connectivity index is 1.85. The molecule has 2 unspecified atom stereocenters. The molecular weight excluding hydrogens is 320 g/mol. The average molecular weight is 340 g/mol. The van der Waals surface area contributed by atoms with E-state index in [9.17, 15) is 14.4 Å². The second-order valence-corrected chi connectivity index (χ2v) is 6.46. The third-order valence-electron chi connectivity index (χ3n) is 3.90. The molecule has 0 aromatic heterocycles. The van der Waals surface area contributed by atoms with Gasteiger partial charge in [-0.3, -0.25) is 5.32 Å². The molecule has 8 heteroatoms. The molecule has 2 aliphatic rings. The highest BCUT2D eigenvalue weighted by Gasteiger charge is 2.43. The number of benzene rings is 1. The molecule has 3 rings (SSSR count). The molecule has 1 aromatic rings. The number of hydrogen-bond acceptors (Lipinski definition) is 7. The Morgan fingerprint density at radius 1 is 1.43 bits per heavy atom. The van der Waals surface area contributed by atoms with Gasteiger partial charge in [0, 0.05) is 13.1 Å². The molecule has 0 aliphatic carbocycles. The van der Waals surface area contributed by atoms with Gasteiger partial charge in [0.1, 0.15) is 24.7 Å². The lowest BCUT2D eigenvalue weighted by Crippen LogP contribution is -2.61. The van der Waals surface area contributed by atoms with Gasteiger partial charge in [0.25, 0.3) is 0 Å². The summed E-state index contributed by atoms with van der Waals surface area (Å²) in [6.45, 7) is 2.64. The zero-order valence-corrected chi connectivity index (χ0v) is 13.5. The number of likely N-dealkylation sites (tertiary alicyclic amines) is 1. The van der Waals surface area contributed by atoms with Gasteiger partial charge in [-0.15, -0.1) is 0 Å². The fraction of sp³-hybridized carbons (Fsp3) is 0.467. The molecule has 0 saturated carbocycles. The lowest BCUT2D eigenvalue weighted by molar-refractivity contribution is -0.0389. The second-order valence-electron chi connectivity index (χ2n) is 5.67. The molecule has 5 atom stereocenters. The Morgan fingerprint density at radius 3 is 2.87 bits per heavy atom. The Kier molecular flexibility index (Phi) is 4.98. The van der Waals surface area contributed by atoms with Gasteiger partial charge in [0.15, 0.2) is 0 Å². The lowest BCUT2D eigenvalue weighted by Gasteiger charge is -2.44. The third kappa shape index (κ3) is 3.73. The van der Waals surface area contributed by atoms with Crippen LogP contribution in [0, 0.1) is 0 Å². The quantitative estimate of drug-likeness (QED) is 0.664. The summed E-state index contributed by atoms with van der Waals surface area (Å²) >= 11 is -1.92. The summed E-state index contributed by atoms with van der Waals surface area (Å²) in [6.07, 6.45) is -1.09. The molecule has 0 radical (unpaired) electrons. The molecule has 23 heavy (non-hydrogen) atoms. The van der Waals surface area contributed by atoms with Gasteiger partial charge >= 0.3 is 11.4 Å². The first-order valence-electron chi connectivity index (χ1n) is 7.42. The lowest BCUT2D eigenvalue weighted by atomic mass is 9.95. The van der Waals surface area contributed by atoms with Crippen LogP contribution < -0.4 is 5.32 Å². The van der Waals surface area contributed by atoms with Crippen LogP contribution in [0.1, 0.15) is 12.5 Å². The summed E-state index contributed by atoms with van der Waals surface area (Å²) in [5.74, 6) is 0. The van der Waals surface area contributed by atoms with Crippen LogP contribution in [0.25, 0.3) is 0 Å². The van der Waals surface area contributed by atoms with Gasteiger partial charge in [-0.1, -0.05) is 30.3 Å². The van der Waals surface area contributed by atoms with E-state index in [0.29, 0.717) is 18.8 Å². The van der Waals surface area contributed by atoms with Gasteiger partial charge < -0.3 is 19.3 Å². The Hall–Kier alpha value is -1.45. The Labute approximate surface area is 137 Å². The maximum absolute atomic E-state index is 11.5. The summed E-state index contributed by atoms with van der Waals surface area (Å²) in [5.41, 5.74) is 1.73. The molecule has 2 aliphatic heterocycles. The molecule has 2 heterocycles. The predicted octanol–water partition coefficient (Wildman–Crippen LogP) is -0.00490. The van der Waals surface area contributed by atoms with Crippen LogP contribution in [0.5, 0.6) is 0 Å². The maximum Gasteiger partial charge on any atom is 0.360 e. The van der Waals surface area contributed by atoms with Gasteiger partial charge in [0.2, 0.25) is 0 Å². The van der Waals surface area contributed by atoms with Gasteiger partial charge in [-0.25, -0.2) is 4.18 Å². The van der Waals surface area contributed by atoms with Crippen molar-refractivity contribution < 1.29 is 22.8 Å². The largest absolute Gasteiger partial charge is 0.388 e. The van der Waals surface area contributed by atoms with Gasteiger partial charge in [-0.2, -0.15) is 4.21 Å². The SMILES string of the molecule is CC(O)N[C@H]1CN(Cc2ccccc2)C2=COS(=O)O[C@H]2[C@@H]1O. The standard InChI is InChI=1S/C15H20N2O5S/c1-10(18)16-12-8-17(7-11-5-3-2-4-6-11)13-9-21-23(20)22-15(13)14(12)19/h2-6,9-10,12,14-16,18-19H,7-8H2,1H3/t10?,12-,14+,15+,23?/m0/s1. The van der Waals surface area contributed by atoms with Crippen molar-refractivity contribution in [2.75, 3.05) is 6.54 Å². The van der Waals surface area contributed by atoms with E-state index in [0.717, 1.165) is 5.56 Å². The molecule has 1 saturated heterocycles. The summed E-state index contributed by atoms with van der Waals surface area (Å²) < 4.78 is 21.7. The third-order valence-corrected chi connectivity index (χ3v) is 4.52. The van der Waals surface area contributed by atoms with E-state index in [1.165, 1.54) is 6.26 Å². The van der Waals surface area contributed by atoms with Crippen molar-refractivity contribution in [3.05, 3.63) is 47.9 Å². The average Bonchev–Trinajstić information content (AvgIpc) is 2.52. The Morgan fingerprint density at radius 2 is 2.17 bits per heavy atom. The normalized spacial score (nSPS) is 31.8. The second kappa shape index (κ2) is 6.98. The molecule has 0 spiro atoms. The van der Waals surface area contributed by atoms with E-state index in [1.807, 2.05) is 35.2 Å². The highest BCUT2D eigenvalue weighted by atomic mass is 32.2. The zero-order chi connectivity index (χ0) is 16.4. The van der Waals surface area contributed by atoms with Crippen LogP contribution in [0.2, 0.25) is 0 Å². The van der Waals surface area contributed by atoms with Crippen molar-refractivity contribution in [1.82, 2.24) is 10.2 Å². The van der Waals surface area contributed by atoms with Gasteiger partial charge in [-0.05, 0) is 12.5 Å². The highest BCUT2D eigenvalue weighted by Crippen LogP contribution is 2.30. The number of piperidine rings is 1. The van der Waals surface area contributed by atoms with E-state index in [4.69, 9.17) is 8.37 Å². The minimum absolute atomic E-state index is 0.420. The summed E-state index contributed by atoms with van der Waals surface area (Å²) in [4.78, 5) is 1.99.